The molecular weight excluding hydrogens is 246 g/mol. The van der Waals surface area contributed by atoms with E-state index in [1.54, 1.807) is 13.0 Å². The van der Waals surface area contributed by atoms with Gasteiger partial charge in [-0.25, -0.2) is 4.79 Å². The number of carbonyl (C=O) groups is 1. The lowest BCUT2D eigenvalue weighted by atomic mass is 9.91. The van der Waals surface area contributed by atoms with Gasteiger partial charge >= 0.3 is 5.97 Å². The summed E-state index contributed by atoms with van der Waals surface area (Å²) >= 11 is 0. The molecule has 2 rings (SSSR count). The molecule has 0 saturated heterocycles. The summed E-state index contributed by atoms with van der Waals surface area (Å²) < 4.78 is 5.52. The van der Waals surface area contributed by atoms with Crippen LogP contribution in [0.15, 0.2) is 10.5 Å². The van der Waals surface area contributed by atoms with Crippen LogP contribution in [0.3, 0.4) is 0 Å². The fraction of sp³-hybridized carbons (Fsp3) is 0.643. The van der Waals surface area contributed by atoms with Crippen molar-refractivity contribution in [3.8, 4) is 0 Å². The molecule has 1 fully saturated rings. The van der Waals surface area contributed by atoms with Gasteiger partial charge in [0.1, 0.15) is 17.1 Å². The summed E-state index contributed by atoms with van der Waals surface area (Å²) in [6.45, 7) is 3.30. The van der Waals surface area contributed by atoms with Crippen molar-refractivity contribution < 1.29 is 19.4 Å². The van der Waals surface area contributed by atoms with Gasteiger partial charge in [0.25, 0.3) is 0 Å². The molecular formula is C14H21NO4. The molecule has 0 atom stereocenters. The fourth-order valence-corrected chi connectivity index (χ4v) is 2.45. The molecule has 0 radical (unpaired) electrons. The van der Waals surface area contributed by atoms with Crippen LogP contribution in [0.5, 0.6) is 0 Å². The highest BCUT2D eigenvalue weighted by molar-refractivity contribution is 5.88. The average Bonchev–Trinajstić information content (AvgIpc) is 2.65. The minimum Gasteiger partial charge on any atom is -0.478 e. The maximum atomic E-state index is 11.0. The van der Waals surface area contributed by atoms with Crippen molar-refractivity contribution >= 4 is 5.97 Å². The predicted molar refractivity (Wildman–Crippen MR) is 70.2 cm³/mol. The van der Waals surface area contributed by atoms with Crippen molar-refractivity contribution in [3.63, 3.8) is 0 Å². The Hall–Kier alpha value is -1.33. The van der Waals surface area contributed by atoms with Crippen LogP contribution >= 0.6 is 0 Å². The van der Waals surface area contributed by atoms with Crippen molar-refractivity contribution in [1.29, 1.82) is 0 Å². The quantitative estimate of drug-likeness (QED) is 0.790. The second-order valence-corrected chi connectivity index (χ2v) is 5.12. The number of aliphatic hydroxyl groups excluding tert-OH is 1. The van der Waals surface area contributed by atoms with E-state index in [1.165, 1.54) is 19.3 Å². The Morgan fingerprint density at radius 2 is 2.26 bits per heavy atom. The first-order chi connectivity index (χ1) is 9.11. The van der Waals surface area contributed by atoms with E-state index in [4.69, 9.17) is 14.6 Å². The Labute approximate surface area is 112 Å². The third kappa shape index (κ3) is 3.36. The van der Waals surface area contributed by atoms with Crippen LogP contribution in [0.25, 0.3) is 0 Å². The van der Waals surface area contributed by atoms with E-state index in [9.17, 15) is 4.79 Å². The first kappa shape index (κ1) is 14.1. The summed E-state index contributed by atoms with van der Waals surface area (Å²) in [7, 11) is 0. The number of rotatable bonds is 7. The molecule has 19 heavy (non-hydrogen) atoms. The fourth-order valence-electron chi connectivity index (χ4n) is 2.45. The van der Waals surface area contributed by atoms with Gasteiger partial charge in [-0.05, 0) is 32.3 Å². The van der Waals surface area contributed by atoms with E-state index in [1.807, 2.05) is 0 Å². The topological polar surface area (TPSA) is 73.9 Å². The summed E-state index contributed by atoms with van der Waals surface area (Å²) in [5.41, 5.74) is 0.241. The lowest BCUT2D eigenvalue weighted by Gasteiger charge is -2.37. The average molecular weight is 267 g/mol. The van der Waals surface area contributed by atoms with Crippen LogP contribution in [0.4, 0.5) is 0 Å². The van der Waals surface area contributed by atoms with Gasteiger partial charge < -0.3 is 14.6 Å². The molecule has 1 aromatic heterocycles. The number of nitrogens with zero attached hydrogens (tertiary/aromatic N) is 1. The molecule has 0 unspecified atom stereocenters. The van der Waals surface area contributed by atoms with Crippen LogP contribution in [-0.2, 0) is 6.54 Å². The lowest BCUT2D eigenvalue weighted by Crippen LogP contribution is -2.40. The van der Waals surface area contributed by atoms with Gasteiger partial charge in [0.2, 0.25) is 0 Å². The first-order valence-electron chi connectivity index (χ1n) is 6.79. The van der Waals surface area contributed by atoms with Gasteiger partial charge in [-0.3, -0.25) is 4.90 Å². The number of aryl methyl sites for hydroxylation is 1. The Kier molecular flexibility index (Phi) is 4.61. The standard InChI is InChI=1S/C14H21NO4/c1-10-13(14(17)18)8-12(19-10)9-15(6-3-7-16)11-4-2-5-11/h8,11,16H,2-7,9H2,1H3,(H,17,18). The minimum atomic E-state index is -0.946. The molecule has 1 aliphatic carbocycles. The molecule has 1 saturated carbocycles. The summed E-state index contributed by atoms with van der Waals surface area (Å²) in [4.78, 5) is 13.3. The SMILES string of the molecule is Cc1oc(CN(CCCO)C2CCC2)cc1C(=O)O. The van der Waals surface area contributed by atoms with E-state index in [0.29, 0.717) is 24.1 Å². The summed E-state index contributed by atoms with van der Waals surface area (Å²) in [6, 6.07) is 2.16. The summed E-state index contributed by atoms with van der Waals surface area (Å²) in [6.07, 6.45) is 4.34. The molecule has 0 aromatic carbocycles. The Bertz CT molecular complexity index is 437. The summed E-state index contributed by atoms with van der Waals surface area (Å²) in [5.74, 6) is 0.205. The number of hydrogen-bond acceptors (Lipinski definition) is 4. The highest BCUT2D eigenvalue weighted by atomic mass is 16.4. The molecule has 0 bridgehead atoms. The Balaban J connectivity index is 2.03. The smallest absolute Gasteiger partial charge is 0.339 e. The van der Waals surface area contributed by atoms with Crippen LogP contribution < -0.4 is 0 Å². The second kappa shape index (κ2) is 6.21. The minimum absolute atomic E-state index is 0.181. The highest BCUT2D eigenvalue weighted by Crippen LogP contribution is 2.27. The zero-order valence-electron chi connectivity index (χ0n) is 11.3. The molecule has 5 heteroatoms. The van der Waals surface area contributed by atoms with Crippen LogP contribution in [0, 0.1) is 6.92 Å². The van der Waals surface area contributed by atoms with Crippen molar-refractivity contribution in [1.82, 2.24) is 4.90 Å². The van der Waals surface area contributed by atoms with Gasteiger partial charge in [0.05, 0.1) is 6.54 Å². The highest BCUT2D eigenvalue weighted by Gasteiger charge is 2.26. The molecule has 2 N–H and O–H groups in total. The molecule has 1 aromatic rings. The van der Waals surface area contributed by atoms with E-state index < -0.39 is 5.97 Å². The molecule has 1 heterocycles. The summed E-state index contributed by atoms with van der Waals surface area (Å²) in [5, 5.41) is 18.0. The van der Waals surface area contributed by atoms with Crippen molar-refractivity contribution in [2.45, 2.75) is 45.2 Å². The van der Waals surface area contributed by atoms with Crippen LogP contribution in [0.1, 0.15) is 47.6 Å². The predicted octanol–water partition coefficient (Wildman–Crippen LogP) is 2.02. The second-order valence-electron chi connectivity index (χ2n) is 5.12. The van der Waals surface area contributed by atoms with Gasteiger partial charge in [0.15, 0.2) is 0 Å². The number of furan rings is 1. The maximum Gasteiger partial charge on any atom is 0.339 e. The molecule has 0 spiro atoms. The molecule has 0 aliphatic heterocycles. The van der Waals surface area contributed by atoms with E-state index >= 15 is 0 Å². The zero-order valence-corrected chi connectivity index (χ0v) is 11.3. The molecule has 1 aliphatic rings. The van der Waals surface area contributed by atoms with Gasteiger partial charge in [-0.2, -0.15) is 0 Å². The number of aliphatic hydroxyl groups is 1. The molecule has 0 amide bonds. The van der Waals surface area contributed by atoms with Gasteiger partial charge in [-0.1, -0.05) is 6.42 Å². The number of hydrogen-bond donors (Lipinski definition) is 2. The van der Waals surface area contributed by atoms with E-state index in [-0.39, 0.29) is 12.2 Å². The lowest BCUT2D eigenvalue weighted by molar-refractivity contribution is 0.0695. The largest absolute Gasteiger partial charge is 0.478 e. The number of aromatic carboxylic acids is 1. The molecule has 5 nitrogen and oxygen atoms in total. The number of carboxylic acid groups (broad SMARTS) is 1. The first-order valence-corrected chi connectivity index (χ1v) is 6.79. The Morgan fingerprint density at radius 1 is 1.53 bits per heavy atom. The van der Waals surface area contributed by atoms with Gasteiger partial charge in [-0.15, -0.1) is 0 Å². The van der Waals surface area contributed by atoms with Crippen molar-refractivity contribution in [3.05, 3.63) is 23.2 Å². The Morgan fingerprint density at radius 3 is 2.74 bits per heavy atom. The van der Waals surface area contributed by atoms with Crippen LogP contribution in [0.2, 0.25) is 0 Å². The van der Waals surface area contributed by atoms with E-state index in [2.05, 4.69) is 4.90 Å². The third-order valence-corrected chi connectivity index (χ3v) is 3.75. The van der Waals surface area contributed by atoms with Crippen molar-refractivity contribution in [2.75, 3.05) is 13.2 Å². The van der Waals surface area contributed by atoms with Gasteiger partial charge in [0, 0.05) is 19.2 Å². The van der Waals surface area contributed by atoms with Crippen LogP contribution in [-0.4, -0.2) is 40.3 Å². The number of carboxylic acids is 1. The normalized spacial score (nSPS) is 15.7. The zero-order chi connectivity index (χ0) is 13.8. The third-order valence-electron chi connectivity index (χ3n) is 3.75. The maximum absolute atomic E-state index is 11.0. The molecule has 106 valence electrons. The monoisotopic (exact) mass is 267 g/mol. The van der Waals surface area contributed by atoms with Crippen molar-refractivity contribution in [2.24, 2.45) is 0 Å². The van der Waals surface area contributed by atoms with E-state index in [0.717, 1.165) is 13.0 Å².